The minimum absolute atomic E-state index is 0.000193. The van der Waals surface area contributed by atoms with Crippen LogP contribution in [-0.4, -0.2) is 24.6 Å². The second-order valence-corrected chi connectivity index (χ2v) is 6.88. The number of unbranched alkanes of at least 4 members (excludes halogenated alkanes) is 6. The number of esters is 2. The molecule has 0 saturated heterocycles. The Kier molecular flexibility index (Phi) is 14.8. The van der Waals surface area contributed by atoms with Crippen molar-refractivity contribution in [2.24, 2.45) is 5.92 Å². The first-order valence-electron chi connectivity index (χ1n) is 9.86. The van der Waals surface area contributed by atoms with Gasteiger partial charge < -0.3 is 9.47 Å². The van der Waals surface area contributed by atoms with Crippen LogP contribution in [0.3, 0.4) is 0 Å². The second-order valence-electron chi connectivity index (χ2n) is 6.88. The number of carbonyl (C=O) groups excluding carboxylic acids is 2. The van der Waals surface area contributed by atoms with Crippen LogP contribution in [0.1, 0.15) is 98.3 Å². The summed E-state index contributed by atoms with van der Waals surface area (Å²) in [6.45, 7) is 8.87. The Morgan fingerprint density at radius 1 is 0.792 bits per heavy atom. The van der Waals surface area contributed by atoms with E-state index in [1.807, 2.05) is 6.92 Å². The van der Waals surface area contributed by atoms with Crippen molar-refractivity contribution in [1.82, 2.24) is 0 Å². The van der Waals surface area contributed by atoms with Crippen LogP contribution in [0, 0.1) is 5.92 Å². The highest BCUT2D eigenvalue weighted by Crippen LogP contribution is 2.13. The molecule has 0 aromatic rings. The maximum Gasteiger partial charge on any atom is 0.306 e. The molecule has 0 spiro atoms. The van der Waals surface area contributed by atoms with E-state index >= 15 is 0 Å². The molecule has 142 valence electrons. The van der Waals surface area contributed by atoms with Crippen LogP contribution in [0.4, 0.5) is 0 Å². The van der Waals surface area contributed by atoms with Crippen molar-refractivity contribution >= 4 is 11.9 Å². The van der Waals surface area contributed by atoms with E-state index in [0.717, 1.165) is 19.3 Å². The van der Waals surface area contributed by atoms with Gasteiger partial charge in [-0.05, 0) is 31.6 Å². The third-order valence-corrected chi connectivity index (χ3v) is 4.20. The molecule has 0 aliphatic carbocycles. The zero-order valence-electron chi connectivity index (χ0n) is 16.3. The van der Waals surface area contributed by atoms with Crippen LogP contribution >= 0.6 is 0 Å². The molecule has 0 aliphatic rings. The highest BCUT2D eigenvalue weighted by molar-refractivity contribution is 5.70. The van der Waals surface area contributed by atoms with Gasteiger partial charge in [0, 0.05) is 12.8 Å². The fourth-order valence-electron chi connectivity index (χ4n) is 2.60. The van der Waals surface area contributed by atoms with Crippen molar-refractivity contribution in [2.75, 3.05) is 6.61 Å². The largest absolute Gasteiger partial charge is 0.466 e. The summed E-state index contributed by atoms with van der Waals surface area (Å²) in [6.07, 6.45) is 10.1. The minimum atomic E-state index is -0.156. The van der Waals surface area contributed by atoms with E-state index in [-0.39, 0.29) is 18.0 Å². The molecular formula is C20H38O4. The molecule has 0 fully saturated rings. The van der Waals surface area contributed by atoms with E-state index in [2.05, 4.69) is 20.8 Å². The van der Waals surface area contributed by atoms with E-state index in [1.165, 1.54) is 25.7 Å². The molecule has 0 heterocycles. The fourth-order valence-corrected chi connectivity index (χ4v) is 2.60. The lowest BCUT2D eigenvalue weighted by Crippen LogP contribution is -2.22. The van der Waals surface area contributed by atoms with Crippen LogP contribution in [-0.2, 0) is 19.1 Å². The number of hydrogen-bond donors (Lipinski definition) is 0. The maximum absolute atomic E-state index is 11.7. The fraction of sp³-hybridized carbons (Fsp3) is 0.900. The SMILES string of the molecule is CCCCCCCCOC(=O)CCCCC(=O)OC(CC)C(C)C. The predicted molar refractivity (Wildman–Crippen MR) is 97.8 cm³/mol. The number of hydrogen-bond acceptors (Lipinski definition) is 4. The van der Waals surface area contributed by atoms with Crippen LogP contribution in [0.25, 0.3) is 0 Å². The van der Waals surface area contributed by atoms with Crippen molar-refractivity contribution < 1.29 is 19.1 Å². The monoisotopic (exact) mass is 342 g/mol. The van der Waals surface area contributed by atoms with Gasteiger partial charge in [-0.25, -0.2) is 0 Å². The summed E-state index contributed by atoms with van der Waals surface area (Å²) in [6, 6.07) is 0. The van der Waals surface area contributed by atoms with Gasteiger partial charge in [-0.15, -0.1) is 0 Å². The van der Waals surface area contributed by atoms with Gasteiger partial charge >= 0.3 is 11.9 Å². The van der Waals surface area contributed by atoms with Gasteiger partial charge in [-0.3, -0.25) is 9.59 Å². The van der Waals surface area contributed by atoms with E-state index < -0.39 is 0 Å². The topological polar surface area (TPSA) is 52.6 Å². The molecular weight excluding hydrogens is 304 g/mol. The summed E-state index contributed by atoms with van der Waals surface area (Å²) in [4.78, 5) is 23.3. The minimum Gasteiger partial charge on any atom is -0.466 e. The van der Waals surface area contributed by atoms with E-state index in [4.69, 9.17) is 9.47 Å². The van der Waals surface area contributed by atoms with E-state index in [0.29, 0.717) is 38.2 Å². The molecule has 1 unspecified atom stereocenters. The average molecular weight is 343 g/mol. The van der Waals surface area contributed by atoms with Crippen LogP contribution in [0.15, 0.2) is 0 Å². The van der Waals surface area contributed by atoms with Crippen LogP contribution in [0.2, 0.25) is 0 Å². The van der Waals surface area contributed by atoms with Crippen LogP contribution < -0.4 is 0 Å². The predicted octanol–water partition coefficient (Wildman–Crippen LogP) is 5.43. The molecule has 0 aromatic heterocycles. The Morgan fingerprint density at radius 3 is 1.96 bits per heavy atom. The Hall–Kier alpha value is -1.06. The van der Waals surface area contributed by atoms with Gasteiger partial charge in [0.05, 0.1) is 6.61 Å². The molecule has 0 aliphatic heterocycles. The summed E-state index contributed by atoms with van der Waals surface area (Å²) in [5, 5.41) is 0. The molecule has 4 nitrogen and oxygen atoms in total. The second kappa shape index (κ2) is 15.5. The molecule has 4 heteroatoms. The van der Waals surface area contributed by atoms with Gasteiger partial charge in [-0.2, -0.15) is 0 Å². The van der Waals surface area contributed by atoms with Gasteiger partial charge in [0.15, 0.2) is 0 Å². The summed E-state index contributed by atoms with van der Waals surface area (Å²) < 4.78 is 10.6. The third kappa shape index (κ3) is 13.4. The van der Waals surface area contributed by atoms with Gasteiger partial charge in [-0.1, -0.05) is 59.8 Å². The molecule has 0 aromatic carbocycles. The normalized spacial score (nSPS) is 12.2. The van der Waals surface area contributed by atoms with Gasteiger partial charge in [0.1, 0.15) is 6.10 Å². The molecule has 0 saturated carbocycles. The Morgan fingerprint density at radius 2 is 1.38 bits per heavy atom. The van der Waals surface area contributed by atoms with Gasteiger partial charge in [0.25, 0.3) is 0 Å². The number of carbonyl (C=O) groups is 2. The maximum atomic E-state index is 11.7. The highest BCUT2D eigenvalue weighted by Gasteiger charge is 2.16. The van der Waals surface area contributed by atoms with Crippen molar-refractivity contribution in [3.05, 3.63) is 0 Å². The smallest absolute Gasteiger partial charge is 0.306 e. The highest BCUT2D eigenvalue weighted by atomic mass is 16.5. The Bertz CT molecular complexity index is 326. The third-order valence-electron chi connectivity index (χ3n) is 4.20. The number of rotatable bonds is 15. The quantitative estimate of drug-likeness (QED) is 0.294. The van der Waals surface area contributed by atoms with Crippen molar-refractivity contribution in [3.8, 4) is 0 Å². The Labute approximate surface area is 148 Å². The van der Waals surface area contributed by atoms with Crippen molar-refractivity contribution in [2.45, 2.75) is 104 Å². The summed E-state index contributed by atoms with van der Waals surface area (Å²) >= 11 is 0. The van der Waals surface area contributed by atoms with Crippen molar-refractivity contribution in [3.63, 3.8) is 0 Å². The van der Waals surface area contributed by atoms with Crippen LogP contribution in [0.5, 0.6) is 0 Å². The van der Waals surface area contributed by atoms with E-state index in [9.17, 15) is 9.59 Å². The molecule has 24 heavy (non-hydrogen) atoms. The van der Waals surface area contributed by atoms with Crippen molar-refractivity contribution in [1.29, 1.82) is 0 Å². The molecule has 0 radical (unpaired) electrons. The lowest BCUT2D eigenvalue weighted by Gasteiger charge is -2.19. The molecule has 0 bridgehead atoms. The summed E-state index contributed by atoms with van der Waals surface area (Å²) in [5.74, 6) is 0.0393. The summed E-state index contributed by atoms with van der Waals surface area (Å²) in [5.41, 5.74) is 0. The average Bonchev–Trinajstić information content (AvgIpc) is 2.55. The van der Waals surface area contributed by atoms with Gasteiger partial charge in [0.2, 0.25) is 0 Å². The number of ether oxygens (including phenoxy) is 2. The molecule has 0 amide bonds. The molecule has 0 rings (SSSR count). The molecule has 1 atom stereocenters. The lowest BCUT2D eigenvalue weighted by molar-refractivity contribution is -0.152. The first kappa shape index (κ1) is 22.9. The first-order chi connectivity index (χ1) is 11.5. The molecule has 0 N–H and O–H groups in total. The Balaban J connectivity index is 3.53. The zero-order valence-corrected chi connectivity index (χ0v) is 16.3. The first-order valence-corrected chi connectivity index (χ1v) is 9.86. The zero-order chi connectivity index (χ0) is 18.2. The lowest BCUT2D eigenvalue weighted by atomic mass is 10.1. The summed E-state index contributed by atoms with van der Waals surface area (Å²) in [7, 11) is 0. The standard InChI is InChI=1S/C20H38O4/c1-5-7-8-9-10-13-16-23-19(21)14-11-12-15-20(22)24-18(6-2)17(3)4/h17-18H,5-16H2,1-4H3. The van der Waals surface area contributed by atoms with E-state index in [1.54, 1.807) is 0 Å².